The summed E-state index contributed by atoms with van der Waals surface area (Å²) in [4.78, 5) is 9.21. The zero-order valence-corrected chi connectivity index (χ0v) is 21.5. The molecule has 5 heterocycles. The zero-order chi connectivity index (χ0) is 26.3. The van der Waals surface area contributed by atoms with Crippen molar-refractivity contribution in [1.82, 2.24) is 34.3 Å². The first-order chi connectivity index (χ1) is 18.3. The summed E-state index contributed by atoms with van der Waals surface area (Å²) in [6, 6.07) is 14.1. The van der Waals surface area contributed by atoms with Gasteiger partial charge in [0.2, 0.25) is 0 Å². The second-order valence-corrected chi connectivity index (χ2v) is 10.4. The van der Waals surface area contributed by atoms with Crippen molar-refractivity contribution in [2.45, 2.75) is 16.8 Å². The molecule has 0 aliphatic carbocycles. The Morgan fingerprint density at radius 2 is 1.82 bits per heavy atom. The molecule has 0 unspecified atom stereocenters. The second-order valence-electron chi connectivity index (χ2n) is 9.35. The van der Waals surface area contributed by atoms with Gasteiger partial charge in [-0.25, -0.2) is 0 Å². The highest BCUT2D eigenvalue weighted by Crippen LogP contribution is 2.29. The first-order valence-electron chi connectivity index (χ1n) is 12.2. The van der Waals surface area contributed by atoms with Crippen LogP contribution in [0.5, 0.6) is 0 Å². The van der Waals surface area contributed by atoms with E-state index in [9.17, 15) is 13.2 Å². The van der Waals surface area contributed by atoms with E-state index in [2.05, 4.69) is 37.3 Å². The van der Waals surface area contributed by atoms with Gasteiger partial charge in [0.25, 0.3) is 0 Å². The number of thioether (sulfide) groups is 1. The van der Waals surface area contributed by atoms with Gasteiger partial charge in [0.15, 0.2) is 5.65 Å². The molecular formula is C26H25F3N8S. The van der Waals surface area contributed by atoms with Crippen molar-refractivity contribution in [2.75, 3.05) is 37.6 Å². The van der Waals surface area contributed by atoms with Crippen molar-refractivity contribution in [1.29, 1.82) is 0 Å². The fraction of sp³-hybridized carbons (Fsp3) is 0.308. The highest BCUT2D eigenvalue weighted by molar-refractivity contribution is 7.98. The number of fused-ring (bicyclic) bond motifs is 2. The molecule has 38 heavy (non-hydrogen) atoms. The topological polar surface area (TPSA) is 67.4 Å². The summed E-state index contributed by atoms with van der Waals surface area (Å²) in [5.41, 5.74) is 4.47. The number of halogens is 3. The van der Waals surface area contributed by atoms with Gasteiger partial charge in [-0.05, 0) is 42.5 Å². The molecule has 0 N–H and O–H groups in total. The molecule has 0 spiro atoms. The lowest BCUT2D eigenvalue weighted by atomic mass is 10.2. The van der Waals surface area contributed by atoms with Gasteiger partial charge in [-0.1, -0.05) is 0 Å². The van der Waals surface area contributed by atoms with Crippen molar-refractivity contribution < 1.29 is 13.2 Å². The summed E-state index contributed by atoms with van der Waals surface area (Å²) < 4.78 is 41.9. The van der Waals surface area contributed by atoms with Crippen molar-refractivity contribution in [3.05, 3.63) is 66.9 Å². The summed E-state index contributed by atoms with van der Waals surface area (Å²) in [5.74, 6) is 1.47. The summed E-state index contributed by atoms with van der Waals surface area (Å²) >= 11 is 1.66. The monoisotopic (exact) mass is 538 g/mol. The van der Waals surface area contributed by atoms with E-state index in [4.69, 9.17) is 0 Å². The number of piperazine rings is 1. The SMILES string of the molecule is Cn1ccc(-c2ccc3nnc(CSc4ccc5ncc(N6CCN(CC(F)(F)F)CC6)cc5c4)n3c2)n1. The predicted molar refractivity (Wildman–Crippen MR) is 141 cm³/mol. The van der Waals surface area contributed by atoms with Crippen LogP contribution < -0.4 is 4.90 Å². The number of alkyl halides is 3. The third-order valence-electron chi connectivity index (χ3n) is 6.63. The Kier molecular flexibility index (Phi) is 6.44. The molecule has 0 atom stereocenters. The Hall–Kier alpha value is -3.64. The molecular weight excluding hydrogens is 513 g/mol. The molecule has 1 fully saturated rings. The number of pyridine rings is 2. The Morgan fingerprint density at radius 1 is 0.974 bits per heavy atom. The molecule has 8 nitrogen and oxygen atoms in total. The van der Waals surface area contributed by atoms with E-state index in [1.807, 2.05) is 54.2 Å². The fourth-order valence-electron chi connectivity index (χ4n) is 4.68. The maximum absolute atomic E-state index is 12.7. The molecule has 0 amide bonds. The van der Waals surface area contributed by atoms with Gasteiger partial charge >= 0.3 is 6.18 Å². The van der Waals surface area contributed by atoms with Crippen LogP contribution in [0.4, 0.5) is 18.9 Å². The molecule has 4 aromatic heterocycles. The van der Waals surface area contributed by atoms with E-state index in [0.717, 1.165) is 44.2 Å². The summed E-state index contributed by atoms with van der Waals surface area (Å²) in [5, 5.41) is 14.2. The Bertz CT molecular complexity index is 1590. The molecule has 0 bridgehead atoms. The largest absolute Gasteiger partial charge is 0.401 e. The average molecular weight is 539 g/mol. The van der Waals surface area contributed by atoms with Crippen LogP contribution in [0.25, 0.3) is 27.8 Å². The molecule has 0 saturated carbocycles. The van der Waals surface area contributed by atoms with Crippen molar-refractivity contribution in [3.63, 3.8) is 0 Å². The van der Waals surface area contributed by atoms with Gasteiger partial charge in [0.1, 0.15) is 5.82 Å². The lowest BCUT2D eigenvalue weighted by Crippen LogP contribution is -2.49. The molecule has 1 aliphatic rings. The van der Waals surface area contributed by atoms with Gasteiger partial charge in [-0.2, -0.15) is 18.3 Å². The Labute approximate surface area is 221 Å². The number of aryl methyl sites for hydroxylation is 1. The standard InChI is InChI=1S/C26H25F3N8S/c1-34-7-6-23(33-34)18-2-5-24-31-32-25(37(24)15-18)16-38-21-3-4-22-19(13-21)12-20(14-30-22)36-10-8-35(9-11-36)17-26(27,28)29/h2-7,12-15H,8-11,16-17H2,1H3. The van der Waals surface area contributed by atoms with Crippen LogP contribution in [0.2, 0.25) is 0 Å². The van der Waals surface area contributed by atoms with Crippen LogP contribution >= 0.6 is 11.8 Å². The van der Waals surface area contributed by atoms with Crippen LogP contribution in [-0.2, 0) is 12.8 Å². The van der Waals surface area contributed by atoms with Gasteiger partial charge < -0.3 is 4.90 Å². The van der Waals surface area contributed by atoms with E-state index >= 15 is 0 Å². The number of hydrogen-bond acceptors (Lipinski definition) is 7. The lowest BCUT2D eigenvalue weighted by molar-refractivity contribution is -0.146. The van der Waals surface area contributed by atoms with Gasteiger partial charge in [-0.15, -0.1) is 22.0 Å². The average Bonchev–Trinajstić information content (AvgIpc) is 3.52. The van der Waals surface area contributed by atoms with Crippen LogP contribution in [0.3, 0.4) is 0 Å². The molecule has 1 aromatic carbocycles. The summed E-state index contributed by atoms with van der Waals surface area (Å²) in [6.45, 7) is 0.975. The molecule has 1 saturated heterocycles. The molecule has 1 aliphatic heterocycles. The third-order valence-corrected chi connectivity index (χ3v) is 7.62. The number of hydrogen-bond donors (Lipinski definition) is 0. The highest BCUT2D eigenvalue weighted by Gasteiger charge is 2.32. The van der Waals surface area contributed by atoms with Crippen LogP contribution in [0.15, 0.2) is 66.0 Å². The fourth-order valence-corrected chi connectivity index (χ4v) is 5.55. The van der Waals surface area contributed by atoms with Crippen molar-refractivity contribution >= 4 is 34.0 Å². The van der Waals surface area contributed by atoms with Crippen LogP contribution in [-0.4, -0.2) is 73.2 Å². The lowest BCUT2D eigenvalue weighted by Gasteiger charge is -2.36. The minimum absolute atomic E-state index is 0.377. The summed E-state index contributed by atoms with van der Waals surface area (Å²) in [7, 11) is 1.89. The van der Waals surface area contributed by atoms with Crippen molar-refractivity contribution in [3.8, 4) is 11.3 Å². The molecule has 0 radical (unpaired) electrons. The van der Waals surface area contributed by atoms with E-state index < -0.39 is 12.7 Å². The molecule has 5 aromatic rings. The summed E-state index contributed by atoms with van der Waals surface area (Å²) in [6.07, 6.45) is 1.56. The second kappa shape index (κ2) is 9.91. The van der Waals surface area contributed by atoms with E-state index in [-0.39, 0.29) is 0 Å². The molecule has 12 heteroatoms. The maximum atomic E-state index is 12.7. The van der Waals surface area contributed by atoms with Crippen LogP contribution in [0.1, 0.15) is 5.82 Å². The van der Waals surface area contributed by atoms with Crippen molar-refractivity contribution in [2.24, 2.45) is 7.05 Å². The van der Waals surface area contributed by atoms with Gasteiger partial charge in [-0.3, -0.25) is 19.0 Å². The first-order valence-corrected chi connectivity index (χ1v) is 13.2. The number of nitrogens with zero attached hydrogens (tertiary/aromatic N) is 8. The van der Waals surface area contributed by atoms with Gasteiger partial charge in [0.05, 0.1) is 35.4 Å². The number of benzene rings is 1. The molecule has 196 valence electrons. The number of aromatic nitrogens is 6. The Balaban J connectivity index is 1.16. The maximum Gasteiger partial charge on any atom is 0.401 e. The van der Waals surface area contributed by atoms with E-state index in [0.29, 0.717) is 31.9 Å². The Morgan fingerprint density at radius 3 is 2.58 bits per heavy atom. The van der Waals surface area contributed by atoms with E-state index in [1.54, 1.807) is 22.6 Å². The predicted octanol–water partition coefficient (Wildman–Crippen LogP) is 4.65. The molecule has 6 rings (SSSR count). The quantitative estimate of drug-likeness (QED) is 0.292. The minimum Gasteiger partial charge on any atom is -0.368 e. The third kappa shape index (κ3) is 5.32. The number of anilines is 1. The smallest absolute Gasteiger partial charge is 0.368 e. The normalized spacial score (nSPS) is 15.1. The van der Waals surface area contributed by atoms with Crippen LogP contribution in [0, 0.1) is 0 Å². The van der Waals surface area contributed by atoms with E-state index in [1.165, 1.54) is 4.90 Å². The minimum atomic E-state index is -4.17. The zero-order valence-electron chi connectivity index (χ0n) is 20.6. The first kappa shape index (κ1) is 24.7. The van der Waals surface area contributed by atoms with Gasteiger partial charge in [0, 0.05) is 61.5 Å². The number of rotatable bonds is 6. The highest BCUT2D eigenvalue weighted by atomic mass is 32.2.